The van der Waals surface area contributed by atoms with Gasteiger partial charge in [-0.15, -0.1) is 0 Å². The van der Waals surface area contributed by atoms with E-state index in [1.807, 2.05) is 13.8 Å². The number of hydrogen-bond donors (Lipinski definition) is 0. The third-order valence-corrected chi connectivity index (χ3v) is 4.08. The molecule has 0 bridgehead atoms. The molecule has 0 aromatic rings. The van der Waals surface area contributed by atoms with Gasteiger partial charge < -0.3 is 0 Å². The summed E-state index contributed by atoms with van der Waals surface area (Å²) in [5.74, 6) is 0. The van der Waals surface area contributed by atoms with Crippen LogP contribution in [0.1, 0.15) is 27.7 Å². The van der Waals surface area contributed by atoms with Crippen molar-refractivity contribution < 1.29 is 0 Å². The Morgan fingerprint density at radius 1 is 0.714 bits per heavy atom. The van der Waals surface area contributed by atoms with Gasteiger partial charge in [-0.2, -0.15) is 0 Å². The van der Waals surface area contributed by atoms with Crippen molar-refractivity contribution >= 4 is 21.6 Å². The van der Waals surface area contributed by atoms with E-state index in [1.54, 1.807) is 21.6 Å². The minimum atomic E-state index is 1.29. The molecule has 0 saturated carbocycles. The molecule has 0 heterocycles. The topological polar surface area (TPSA) is 0 Å². The third kappa shape index (κ3) is 6.17. The Balaban J connectivity index is 4.15. The smallest absolute Gasteiger partial charge is 0.0140 e. The average molecular weight is 226 g/mol. The Bertz CT molecular complexity index is 229. The monoisotopic (exact) mass is 226 g/mol. The van der Waals surface area contributed by atoms with Crippen molar-refractivity contribution in [1.82, 2.24) is 0 Å². The highest BCUT2D eigenvalue weighted by atomic mass is 33.1. The molecule has 0 saturated heterocycles. The van der Waals surface area contributed by atoms with Gasteiger partial charge in [0.25, 0.3) is 0 Å². The van der Waals surface area contributed by atoms with Crippen molar-refractivity contribution in [1.29, 1.82) is 0 Å². The Labute approximate surface area is 95.6 Å². The first-order chi connectivity index (χ1) is 6.78. The highest BCUT2D eigenvalue weighted by Gasteiger charge is 1.95. The molecule has 78 valence electrons. The molecular formula is C12H18S2. The second kappa shape index (κ2) is 9.22. The molecule has 0 unspecified atom stereocenters. The molecule has 0 spiro atoms. The maximum Gasteiger partial charge on any atom is 0.0140 e. The zero-order valence-corrected chi connectivity index (χ0v) is 10.9. The molecule has 0 atom stereocenters. The lowest BCUT2D eigenvalue weighted by atomic mass is 10.4. The Kier molecular flexibility index (Phi) is 9.00. The van der Waals surface area contributed by atoms with Crippen molar-refractivity contribution in [2.45, 2.75) is 27.7 Å². The lowest BCUT2D eigenvalue weighted by Gasteiger charge is -2.01. The summed E-state index contributed by atoms with van der Waals surface area (Å²) in [7, 11) is 3.58. The van der Waals surface area contributed by atoms with Crippen LogP contribution < -0.4 is 0 Å². The SMILES string of the molecule is C/C=C\C(=C/C)SSC(/C=C\C)=C/C. The molecule has 0 aromatic carbocycles. The molecule has 2 heteroatoms. The van der Waals surface area contributed by atoms with Gasteiger partial charge in [0.15, 0.2) is 0 Å². The zero-order valence-electron chi connectivity index (χ0n) is 9.28. The van der Waals surface area contributed by atoms with E-state index >= 15 is 0 Å². The fourth-order valence-corrected chi connectivity index (χ4v) is 3.03. The van der Waals surface area contributed by atoms with Crippen LogP contribution in [0.25, 0.3) is 0 Å². The molecule has 0 aliphatic rings. The van der Waals surface area contributed by atoms with Gasteiger partial charge >= 0.3 is 0 Å². The van der Waals surface area contributed by atoms with Crippen molar-refractivity contribution in [2.24, 2.45) is 0 Å². The van der Waals surface area contributed by atoms with E-state index in [0.29, 0.717) is 0 Å². The second-order valence-corrected chi connectivity index (χ2v) is 4.82. The van der Waals surface area contributed by atoms with Crippen LogP contribution in [0.3, 0.4) is 0 Å². The van der Waals surface area contributed by atoms with E-state index < -0.39 is 0 Å². The van der Waals surface area contributed by atoms with Gasteiger partial charge in [0.05, 0.1) is 0 Å². The Hall–Kier alpha value is -0.340. The van der Waals surface area contributed by atoms with Gasteiger partial charge in [-0.3, -0.25) is 0 Å². The average Bonchev–Trinajstić information content (AvgIpc) is 2.22. The van der Waals surface area contributed by atoms with Crippen molar-refractivity contribution in [3.63, 3.8) is 0 Å². The van der Waals surface area contributed by atoms with Crippen molar-refractivity contribution in [2.75, 3.05) is 0 Å². The molecule has 0 fully saturated rings. The van der Waals surface area contributed by atoms with E-state index in [-0.39, 0.29) is 0 Å². The van der Waals surface area contributed by atoms with Gasteiger partial charge in [-0.1, -0.05) is 58.0 Å². The molecule has 0 aromatic heterocycles. The normalized spacial score (nSPS) is 14.6. The van der Waals surface area contributed by atoms with Crippen LogP contribution in [0.2, 0.25) is 0 Å². The maximum absolute atomic E-state index is 2.13. The minimum Gasteiger partial charge on any atom is -0.0865 e. The zero-order chi connectivity index (χ0) is 10.8. The van der Waals surface area contributed by atoms with Crippen LogP contribution in [0.15, 0.2) is 46.3 Å². The first kappa shape index (κ1) is 13.7. The molecule has 0 nitrogen and oxygen atoms in total. The molecular weight excluding hydrogens is 208 g/mol. The minimum absolute atomic E-state index is 1.29. The summed E-state index contributed by atoms with van der Waals surface area (Å²) in [5, 5.41) is 0. The van der Waals surface area contributed by atoms with Crippen LogP contribution >= 0.6 is 21.6 Å². The summed E-state index contributed by atoms with van der Waals surface area (Å²) >= 11 is 0. The molecule has 0 aliphatic heterocycles. The molecule has 0 rings (SSSR count). The number of rotatable bonds is 5. The second-order valence-electron chi connectivity index (χ2n) is 2.55. The first-order valence-electron chi connectivity index (χ1n) is 4.71. The van der Waals surface area contributed by atoms with Gasteiger partial charge in [0, 0.05) is 9.81 Å². The largest absolute Gasteiger partial charge is 0.0865 e. The van der Waals surface area contributed by atoms with Crippen LogP contribution in [0.5, 0.6) is 0 Å². The van der Waals surface area contributed by atoms with Gasteiger partial charge in [0.1, 0.15) is 0 Å². The fraction of sp³-hybridized carbons (Fsp3) is 0.333. The van der Waals surface area contributed by atoms with Gasteiger partial charge in [-0.25, -0.2) is 0 Å². The van der Waals surface area contributed by atoms with Gasteiger partial charge in [-0.05, 0) is 27.7 Å². The van der Waals surface area contributed by atoms with Crippen molar-refractivity contribution in [3.8, 4) is 0 Å². The standard InChI is InChI=1S/C12H18S2/c1-5-9-11(7-3)13-14-12(8-4)10-6-2/h5-10H,1-4H3/b9-5-,10-6-,11-7+,12-8+. The summed E-state index contributed by atoms with van der Waals surface area (Å²) < 4.78 is 0. The van der Waals surface area contributed by atoms with E-state index in [9.17, 15) is 0 Å². The molecule has 0 aliphatic carbocycles. The lowest BCUT2D eigenvalue weighted by molar-refractivity contribution is 1.66. The van der Waals surface area contributed by atoms with E-state index in [2.05, 4.69) is 50.3 Å². The fourth-order valence-electron chi connectivity index (χ4n) is 0.769. The maximum atomic E-state index is 2.13. The van der Waals surface area contributed by atoms with Crippen LogP contribution in [-0.4, -0.2) is 0 Å². The highest BCUT2D eigenvalue weighted by Crippen LogP contribution is 2.37. The van der Waals surface area contributed by atoms with Crippen LogP contribution in [0.4, 0.5) is 0 Å². The lowest BCUT2D eigenvalue weighted by Crippen LogP contribution is -1.68. The third-order valence-electron chi connectivity index (χ3n) is 1.47. The van der Waals surface area contributed by atoms with E-state index in [4.69, 9.17) is 0 Å². The number of allylic oxidation sites excluding steroid dienone is 6. The van der Waals surface area contributed by atoms with E-state index in [1.165, 1.54) is 9.81 Å². The molecule has 0 radical (unpaired) electrons. The Morgan fingerprint density at radius 2 is 1.07 bits per heavy atom. The van der Waals surface area contributed by atoms with Gasteiger partial charge in [0.2, 0.25) is 0 Å². The summed E-state index contributed by atoms with van der Waals surface area (Å²) in [6.45, 7) is 8.20. The van der Waals surface area contributed by atoms with Crippen LogP contribution in [0, 0.1) is 0 Å². The molecule has 0 amide bonds. The summed E-state index contributed by atoms with van der Waals surface area (Å²) in [4.78, 5) is 2.59. The predicted molar refractivity (Wildman–Crippen MR) is 72.3 cm³/mol. The van der Waals surface area contributed by atoms with Crippen molar-refractivity contribution in [3.05, 3.63) is 46.3 Å². The first-order valence-corrected chi connectivity index (χ1v) is 6.86. The summed E-state index contributed by atoms with van der Waals surface area (Å²) in [6.07, 6.45) is 12.6. The predicted octanol–water partition coefficient (Wildman–Crippen LogP) is 5.33. The van der Waals surface area contributed by atoms with E-state index in [0.717, 1.165) is 0 Å². The number of hydrogen-bond acceptors (Lipinski definition) is 2. The Morgan fingerprint density at radius 3 is 1.29 bits per heavy atom. The molecule has 0 N–H and O–H groups in total. The highest BCUT2D eigenvalue weighted by molar-refractivity contribution is 8.79. The summed E-state index contributed by atoms with van der Waals surface area (Å²) in [6, 6.07) is 0. The van der Waals surface area contributed by atoms with Crippen LogP contribution in [-0.2, 0) is 0 Å². The quantitative estimate of drug-likeness (QED) is 0.459. The summed E-state index contributed by atoms with van der Waals surface area (Å²) in [5.41, 5.74) is 0. The molecule has 14 heavy (non-hydrogen) atoms.